The minimum absolute atomic E-state index is 0.00579. The molecule has 1 N–H and O–H groups in total. The fraction of sp³-hybridized carbons (Fsp3) is 0.400. The van der Waals surface area contributed by atoms with Gasteiger partial charge in [0.2, 0.25) is 5.91 Å². The lowest BCUT2D eigenvalue weighted by molar-refractivity contribution is -0.129. The molecule has 102 valence electrons. The Hall–Kier alpha value is -1.13. The molecule has 0 bridgehead atoms. The van der Waals surface area contributed by atoms with E-state index in [0.717, 1.165) is 10.0 Å². The van der Waals surface area contributed by atoms with Crippen molar-refractivity contribution in [3.63, 3.8) is 0 Å². The molecule has 1 fully saturated rings. The van der Waals surface area contributed by atoms with Crippen molar-refractivity contribution in [3.05, 3.63) is 40.4 Å². The minimum Gasteiger partial charge on any atom is -0.390 e. The first-order chi connectivity index (χ1) is 8.98. The van der Waals surface area contributed by atoms with Crippen molar-refractivity contribution >= 4 is 27.9 Å². The second-order valence-electron chi connectivity index (χ2n) is 5.18. The van der Waals surface area contributed by atoms with Gasteiger partial charge in [0, 0.05) is 23.6 Å². The van der Waals surface area contributed by atoms with E-state index < -0.39 is 5.60 Å². The van der Waals surface area contributed by atoms with Crippen LogP contribution in [-0.4, -0.2) is 34.6 Å². The van der Waals surface area contributed by atoms with Gasteiger partial charge >= 0.3 is 0 Å². The third-order valence-electron chi connectivity index (χ3n) is 3.46. The van der Waals surface area contributed by atoms with Crippen LogP contribution in [0.2, 0.25) is 0 Å². The van der Waals surface area contributed by atoms with Crippen LogP contribution in [0.5, 0.6) is 0 Å². The summed E-state index contributed by atoms with van der Waals surface area (Å²) in [6.45, 7) is 3.06. The summed E-state index contributed by atoms with van der Waals surface area (Å²) in [6, 6.07) is 7.78. The quantitative estimate of drug-likeness (QED) is 0.850. The Bertz CT molecular complexity index is 487. The molecule has 3 nitrogen and oxygen atoms in total. The number of benzene rings is 1. The van der Waals surface area contributed by atoms with Gasteiger partial charge in [-0.05, 0) is 37.5 Å². The summed E-state index contributed by atoms with van der Waals surface area (Å²) >= 11 is 3.45. The maximum atomic E-state index is 12.0. The Balaban J connectivity index is 1.97. The first-order valence-electron chi connectivity index (χ1n) is 6.42. The molecular weight excluding hydrogens is 306 g/mol. The molecule has 0 saturated carbocycles. The number of likely N-dealkylation sites (tertiary alicyclic amines) is 1. The highest BCUT2D eigenvalue weighted by Crippen LogP contribution is 2.22. The summed E-state index contributed by atoms with van der Waals surface area (Å²) < 4.78 is 0.973. The van der Waals surface area contributed by atoms with E-state index in [1.54, 1.807) is 11.0 Å². The van der Waals surface area contributed by atoms with Crippen LogP contribution in [0.1, 0.15) is 25.3 Å². The lowest BCUT2D eigenvalue weighted by atomic mass is 9.94. The first kappa shape index (κ1) is 14.3. The molecule has 0 atom stereocenters. The number of hydrogen-bond acceptors (Lipinski definition) is 2. The van der Waals surface area contributed by atoms with Crippen molar-refractivity contribution in [2.24, 2.45) is 0 Å². The van der Waals surface area contributed by atoms with E-state index in [1.165, 1.54) is 0 Å². The molecule has 19 heavy (non-hydrogen) atoms. The highest BCUT2D eigenvalue weighted by molar-refractivity contribution is 9.10. The number of carbonyl (C=O) groups is 1. The maximum absolute atomic E-state index is 12.0. The maximum Gasteiger partial charge on any atom is 0.246 e. The predicted octanol–water partition coefficient (Wildman–Crippen LogP) is 2.84. The minimum atomic E-state index is -0.622. The standard InChI is InChI=1S/C15H18BrNO2/c1-15(19)8-10-17(11-9-15)14(18)7-6-12-4-2-3-5-13(12)16/h2-7,19H,8-11H2,1H3/b7-6+. The van der Waals surface area contributed by atoms with Crippen molar-refractivity contribution in [3.8, 4) is 0 Å². The van der Waals surface area contributed by atoms with Gasteiger partial charge in [-0.25, -0.2) is 0 Å². The van der Waals surface area contributed by atoms with Crippen molar-refractivity contribution in [2.75, 3.05) is 13.1 Å². The van der Waals surface area contributed by atoms with Gasteiger partial charge in [0.05, 0.1) is 5.60 Å². The molecule has 0 aliphatic carbocycles. The average Bonchev–Trinajstić information content (AvgIpc) is 2.37. The van der Waals surface area contributed by atoms with Gasteiger partial charge < -0.3 is 10.0 Å². The number of carbonyl (C=O) groups excluding carboxylic acids is 1. The van der Waals surface area contributed by atoms with Gasteiger partial charge in [-0.1, -0.05) is 34.1 Å². The second-order valence-corrected chi connectivity index (χ2v) is 6.03. The van der Waals surface area contributed by atoms with E-state index in [2.05, 4.69) is 15.9 Å². The third kappa shape index (κ3) is 3.91. The summed E-state index contributed by atoms with van der Waals surface area (Å²) in [4.78, 5) is 13.8. The summed E-state index contributed by atoms with van der Waals surface area (Å²) in [5.41, 5.74) is 0.364. The zero-order valence-electron chi connectivity index (χ0n) is 11.0. The van der Waals surface area contributed by atoms with Crippen LogP contribution in [-0.2, 0) is 4.79 Å². The van der Waals surface area contributed by atoms with Crippen LogP contribution < -0.4 is 0 Å². The number of piperidine rings is 1. The van der Waals surface area contributed by atoms with Crippen molar-refractivity contribution < 1.29 is 9.90 Å². The van der Waals surface area contributed by atoms with Crippen LogP contribution in [0.25, 0.3) is 6.08 Å². The Morgan fingerprint density at radius 1 is 1.37 bits per heavy atom. The van der Waals surface area contributed by atoms with E-state index in [9.17, 15) is 9.90 Å². The van der Waals surface area contributed by atoms with Crippen LogP contribution >= 0.6 is 15.9 Å². The van der Waals surface area contributed by atoms with Gasteiger partial charge in [0.25, 0.3) is 0 Å². The van der Waals surface area contributed by atoms with Crippen LogP contribution in [0, 0.1) is 0 Å². The molecule has 2 rings (SSSR count). The van der Waals surface area contributed by atoms with Crippen molar-refractivity contribution in [1.29, 1.82) is 0 Å². The van der Waals surface area contributed by atoms with Gasteiger partial charge in [0.15, 0.2) is 0 Å². The zero-order valence-corrected chi connectivity index (χ0v) is 12.6. The molecule has 1 saturated heterocycles. The normalized spacial score (nSPS) is 18.8. The first-order valence-corrected chi connectivity index (χ1v) is 7.21. The lowest BCUT2D eigenvalue weighted by Crippen LogP contribution is -2.44. The second kappa shape index (κ2) is 5.88. The van der Waals surface area contributed by atoms with E-state index in [-0.39, 0.29) is 5.91 Å². The van der Waals surface area contributed by atoms with E-state index in [4.69, 9.17) is 0 Å². The van der Waals surface area contributed by atoms with Gasteiger partial charge in [-0.2, -0.15) is 0 Å². The zero-order chi connectivity index (χ0) is 13.9. The number of aliphatic hydroxyl groups is 1. The fourth-order valence-corrected chi connectivity index (χ4v) is 2.50. The number of nitrogens with zero attached hydrogens (tertiary/aromatic N) is 1. The molecule has 1 aliphatic heterocycles. The van der Waals surface area contributed by atoms with Crippen molar-refractivity contribution in [1.82, 2.24) is 4.90 Å². The van der Waals surface area contributed by atoms with Crippen LogP contribution in [0.3, 0.4) is 0 Å². The molecule has 0 spiro atoms. The summed E-state index contributed by atoms with van der Waals surface area (Å²) in [6.07, 6.45) is 4.70. The lowest BCUT2D eigenvalue weighted by Gasteiger charge is -2.35. The molecule has 1 aromatic carbocycles. The van der Waals surface area contributed by atoms with Gasteiger partial charge in [0.1, 0.15) is 0 Å². The highest BCUT2D eigenvalue weighted by atomic mass is 79.9. The SMILES string of the molecule is CC1(O)CCN(C(=O)/C=C/c2ccccc2Br)CC1. The number of hydrogen-bond donors (Lipinski definition) is 1. The smallest absolute Gasteiger partial charge is 0.246 e. The molecule has 1 amide bonds. The Morgan fingerprint density at radius 2 is 2.00 bits per heavy atom. The molecule has 0 unspecified atom stereocenters. The van der Waals surface area contributed by atoms with Crippen molar-refractivity contribution in [2.45, 2.75) is 25.4 Å². The molecule has 0 radical (unpaired) electrons. The monoisotopic (exact) mass is 323 g/mol. The highest BCUT2D eigenvalue weighted by Gasteiger charge is 2.28. The van der Waals surface area contributed by atoms with E-state index in [0.29, 0.717) is 25.9 Å². The molecular formula is C15H18BrNO2. The topological polar surface area (TPSA) is 40.5 Å². The molecule has 1 aliphatic rings. The Kier molecular flexibility index (Phi) is 4.42. The molecule has 1 heterocycles. The predicted molar refractivity (Wildman–Crippen MR) is 79.6 cm³/mol. The van der Waals surface area contributed by atoms with E-state index in [1.807, 2.05) is 37.3 Å². The number of rotatable bonds is 2. The van der Waals surface area contributed by atoms with Gasteiger partial charge in [-0.15, -0.1) is 0 Å². The number of halogens is 1. The summed E-state index contributed by atoms with van der Waals surface area (Å²) in [7, 11) is 0. The van der Waals surface area contributed by atoms with Crippen LogP contribution in [0.15, 0.2) is 34.8 Å². The van der Waals surface area contributed by atoms with Crippen LogP contribution in [0.4, 0.5) is 0 Å². The average molecular weight is 324 g/mol. The fourth-order valence-electron chi connectivity index (χ4n) is 2.09. The molecule has 1 aromatic rings. The third-order valence-corrected chi connectivity index (χ3v) is 4.19. The largest absolute Gasteiger partial charge is 0.390 e. The van der Waals surface area contributed by atoms with Gasteiger partial charge in [-0.3, -0.25) is 4.79 Å². The Morgan fingerprint density at radius 3 is 2.63 bits per heavy atom. The molecule has 4 heteroatoms. The number of amides is 1. The Labute approximate surface area is 122 Å². The molecule has 0 aromatic heterocycles. The van der Waals surface area contributed by atoms with E-state index >= 15 is 0 Å². The summed E-state index contributed by atoms with van der Waals surface area (Å²) in [5.74, 6) is 0.00579. The summed E-state index contributed by atoms with van der Waals surface area (Å²) in [5, 5.41) is 9.86.